The molecule has 1 amide bonds. The van der Waals surface area contributed by atoms with Gasteiger partial charge in [-0.3, -0.25) is 19.8 Å². The van der Waals surface area contributed by atoms with Crippen molar-refractivity contribution >= 4 is 34.6 Å². The van der Waals surface area contributed by atoms with Gasteiger partial charge < -0.3 is 15.0 Å². The molecule has 3 rings (SSSR count). The van der Waals surface area contributed by atoms with E-state index in [1.807, 2.05) is 24.1 Å². The molecular weight excluding hydrogens is 408 g/mol. The number of nitro groups is 1. The highest BCUT2D eigenvalue weighted by atomic mass is 35.5. The van der Waals surface area contributed by atoms with E-state index in [0.717, 1.165) is 24.3 Å². The monoisotopic (exact) mass is 432 g/mol. The van der Waals surface area contributed by atoms with E-state index in [0.29, 0.717) is 19.8 Å². The number of non-ortho nitro benzene ring substituents is 1. The summed E-state index contributed by atoms with van der Waals surface area (Å²) in [5.41, 5.74) is 2.36. The molecule has 0 radical (unpaired) electrons. The zero-order valence-corrected chi connectivity index (χ0v) is 17.8. The van der Waals surface area contributed by atoms with Gasteiger partial charge in [0.1, 0.15) is 0 Å². The lowest BCUT2D eigenvalue weighted by molar-refractivity contribution is -0.384. The summed E-state index contributed by atoms with van der Waals surface area (Å²) < 4.78 is 5.44. The van der Waals surface area contributed by atoms with E-state index < -0.39 is 11.0 Å². The highest BCUT2D eigenvalue weighted by Gasteiger charge is 2.22. The number of benzene rings is 2. The molecule has 1 atom stereocenters. The van der Waals surface area contributed by atoms with E-state index in [9.17, 15) is 14.9 Å². The van der Waals surface area contributed by atoms with Crippen molar-refractivity contribution in [1.29, 1.82) is 0 Å². The average molecular weight is 433 g/mol. The third-order valence-electron chi connectivity index (χ3n) is 5.22. The Labute approximate surface area is 180 Å². The smallest absolute Gasteiger partial charge is 0.271 e. The number of hydrogen-bond donors (Lipinski definition) is 1. The number of anilines is 2. The Balaban J connectivity index is 1.69. The summed E-state index contributed by atoms with van der Waals surface area (Å²) in [7, 11) is 1.87. The van der Waals surface area contributed by atoms with Gasteiger partial charge in [0, 0.05) is 37.5 Å². The van der Waals surface area contributed by atoms with Gasteiger partial charge in [0.15, 0.2) is 0 Å². The number of halogens is 1. The van der Waals surface area contributed by atoms with Crippen molar-refractivity contribution in [2.75, 3.05) is 43.6 Å². The van der Waals surface area contributed by atoms with Crippen LogP contribution in [0, 0.1) is 10.1 Å². The molecule has 0 bridgehead atoms. The molecule has 9 heteroatoms. The molecule has 2 aromatic rings. The summed E-state index contributed by atoms with van der Waals surface area (Å²) >= 11 is 6.10. The average Bonchev–Trinajstić information content (AvgIpc) is 2.75. The van der Waals surface area contributed by atoms with Gasteiger partial charge in [-0.2, -0.15) is 0 Å². The predicted molar refractivity (Wildman–Crippen MR) is 117 cm³/mol. The number of nitrogens with zero attached hydrogens (tertiary/aromatic N) is 3. The minimum absolute atomic E-state index is 0.129. The molecule has 1 fully saturated rings. The number of morpholine rings is 1. The second-order valence-electron chi connectivity index (χ2n) is 7.23. The fourth-order valence-corrected chi connectivity index (χ4v) is 3.49. The molecule has 2 aromatic carbocycles. The lowest BCUT2D eigenvalue weighted by Crippen LogP contribution is -2.40. The van der Waals surface area contributed by atoms with Crippen molar-refractivity contribution in [1.82, 2.24) is 4.90 Å². The first kappa shape index (κ1) is 22.0. The molecule has 0 aromatic heterocycles. The lowest BCUT2D eigenvalue weighted by atomic mass is 10.1. The SMILES string of the molecule is C[C@@H](C(=O)Nc1cc([N+](=O)[O-])ccc1Cl)N(C)Cc1ccccc1N1CCOCC1. The molecule has 1 aliphatic rings. The molecule has 1 heterocycles. The Kier molecular flexibility index (Phi) is 7.25. The summed E-state index contributed by atoms with van der Waals surface area (Å²) in [6.07, 6.45) is 0. The first-order valence-corrected chi connectivity index (χ1v) is 10.1. The van der Waals surface area contributed by atoms with Crippen LogP contribution in [0.15, 0.2) is 42.5 Å². The van der Waals surface area contributed by atoms with Crippen LogP contribution >= 0.6 is 11.6 Å². The van der Waals surface area contributed by atoms with Crippen molar-refractivity contribution in [3.63, 3.8) is 0 Å². The number of para-hydroxylation sites is 1. The van der Waals surface area contributed by atoms with Crippen LogP contribution < -0.4 is 10.2 Å². The summed E-state index contributed by atoms with van der Waals surface area (Å²) in [6.45, 7) is 5.44. The number of amides is 1. The van der Waals surface area contributed by atoms with Crippen molar-refractivity contribution in [3.8, 4) is 0 Å². The molecule has 1 N–H and O–H groups in total. The zero-order chi connectivity index (χ0) is 21.7. The number of likely N-dealkylation sites (N-methyl/N-ethyl adjacent to an activating group) is 1. The number of carbonyl (C=O) groups excluding carboxylic acids is 1. The summed E-state index contributed by atoms with van der Waals surface area (Å²) in [4.78, 5) is 27.4. The largest absolute Gasteiger partial charge is 0.378 e. The molecule has 1 saturated heterocycles. The Morgan fingerprint density at radius 1 is 1.30 bits per heavy atom. The number of ether oxygens (including phenoxy) is 1. The normalized spacial score (nSPS) is 15.1. The van der Waals surface area contributed by atoms with Crippen LogP contribution in [0.4, 0.5) is 17.1 Å². The standard InChI is InChI=1S/C21H25ClN4O4/c1-15(21(27)23-19-13-17(26(28)29)7-8-18(19)22)24(2)14-16-5-3-4-6-20(16)25-9-11-30-12-10-25/h3-8,13,15H,9-12,14H2,1-2H3,(H,23,27)/t15-/m0/s1. The molecule has 30 heavy (non-hydrogen) atoms. The number of rotatable bonds is 7. The number of nitrogens with one attached hydrogen (secondary N) is 1. The maximum Gasteiger partial charge on any atom is 0.271 e. The zero-order valence-electron chi connectivity index (χ0n) is 17.0. The minimum atomic E-state index is -0.524. The summed E-state index contributed by atoms with van der Waals surface area (Å²) in [5, 5.41) is 13.9. The van der Waals surface area contributed by atoms with Crippen LogP contribution in [0.5, 0.6) is 0 Å². The molecule has 8 nitrogen and oxygen atoms in total. The highest BCUT2D eigenvalue weighted by Crippen LogP contribution is 2.27. The number of hydrogen-bond acceptors (Lipinski definition) is 6. The van der Waals surface area contributed by atoms with Gasteiger partial charge in [-0.25, -0.2) is 0 Å². The lowest BCUT2D eigenvalue weighted by Gasteiger charge is -2.32. The van der Waals surface area contributed by atoms with Crippen molar-refractivity contribution < 1.29 is 14.5 Å². The maximum atomic E-state index is 12.8. The van der Waals surface area contributed by atoms with Gasteiger partial charge in [0.2, 0.25) is 5.91 Å². The van der Waals surface area contributed by atoms with Gasteiger partial charge in [0.05, 0.1) is 34.9 Å². The van der Waals surface area contributed by atoms with Gasteiger partial charge in [-0.05, 0) is 31.7 Å². The third kappa shape index (κ3) is 5.27. The van der Waals surface area contributed by atoms with Crippen molar-refractivity contribution in [2.24, 2.45) is 0 Å². The van der Waals surface area contributed by atoms with Crippen LogP contribution in [-0.2, 0) is 16.1 Å². The Morgan fingerprint density at radius 2 is 2.00 bits per heavy atom. The van der Waals surface area contributed by atoms with Gasteiger partial charge in [0.25, 0.3) is 5.69 Å². The molecule has 0 spiro atoms. The number of carbonyl (C=O) groups is 1. The summed E-state index contributed by atoms with van der Waals surface area (Å²) in [6, 6.07) is 11.6. The molecule has 160 valence electrons. The van der Waals surface area contributed by atoms with E-state index in [1.165, 1.54) is 18.2 Å². The third-order valence-corrected chi connectivity index (χ3v) is 5.55. The second-order valence-corrected chi connectivity index (χ2v) is 7.64. The molecule has 1 aliphatic heterocycles. The van der Waals surface area contributed by atoms with Gasteiger partial charge in [-0.15, -0.1) is 0 Å². The molecule has 0 unspecified atom stereocenters. The molecule has 0 saturated carbocycles. The van der Waals surface area contributed by atoms with Gasteiger partial charge >= 0.3 is 0 Å². The van der Waals surface area contributed by atoms with Gasteiger partial charge in [-0.1, -0.05) is 29.8 Å². The van der Waals surface area contributed by atoms with Crippen LogP contribution in [0.3, 0.4) is 0 Å². The van der Waals surface area contributed by atoms with Crippen LogP contribution in [-0.4, -0.2) is 55.1 Å². The van der Waals surface area contributed by atoms with E-state index in [4.69, 9.17) is 16.3 Å². The quantitative estimate of drug-likeness (QED) is 0.531. The Bertz CT molecular complexity index is 918. The fraction of sp³-hybridized carbons (Fsp3) is 0.381. The van der Waals surface area contributed by atoms with Crippen LogP contribution in [0.2, 0.25) is 5.02 Å². The number of nitro benzene ring substituents is 1. The molecule has 0 aliphatic carbocycles. The topological polar surface area (TPSA) is 87.9 Å². The first-order valence-electron chi connectivity index (χ1n) is 9.72. The predicted octanol–water partition coefficient (Wildman–Crippen LogP) is 3.54. The van der Waals surface area contributed by atoms with Crippen molar-refractivity contribution in [3.05, 3.63) is 63.2 Å². The maximum absolute atomic E-state index is 12.8. The fourth-order valence-electron chi connectivity index (χ4n) is 3.32. The van der Waals surface area contributed by atoms with E-state index >= 15 is 0 Å². The minimum Gasteiger partial charge on any atom is -0.378 e. The highest BCUT2D eigenvalue weighted by molar-refractivity contribution is 6.33. The Morgan fingerprint density at radius 3 is 2.70 bits per heavy atom. The van der Waals surface area contributed by atoms with Crippen LogP contribution in [0.25, 0.3) is 0 Å². The molecular formula is C21H25ClN4O4. The summed E-state index contributed by atoms with van der Waals surface area (Å²) in [5.74, 6) is -0.288. The van der Waals surface area contributed by atoms with E-state index in [1.54, 1.807) is 6.92 Å². The van der Waals surface area contributed by atoms with E-state index in [2.05, 4.69) is 22.3 Å². The van der Waals surface area contributed by atoms with E-state index in [-0.39, 0.29) is 22.3 Å². The van der Waals surface area contributed by atoms with Crippen LogP contribution in [0.1, 0.15) is 12.5 Å². The second kappa shape index (κ2) is 9.88. The first-order chi connectivity index (χ1) is 14.4. The van der Waals surface area contributed by atoms with Crippen molar-refractivity contribution in [2.45, 2.75) is 19.5 Å². The Hall–Kier alpha value is -2.68.